The summed E-state index contributed by atoms with van der Waals surface area (Å²) in [6.07, 6.45) is 4.92. The number of sulfonamides is 1. The summed E-state index contributed by atoms with van der Waals surface area (Å²) >= 11 is 0. The van der Waals surface area contributed by atoms with E-state index in [0.717, 1.165) is 18.2 Å². The molecule has 5 aromatic rings. The molecule has 1 fully saturated rings. The molecular weight excluding hydrogens is 606 g/mol. The minimum Gasteiger partial charge on any atom is -0.379 e. The molecule has 3 heterocycles. The fourth-order valence-corrected chi connectivity index (χ4v) is 6.68. The van der Waals surface area contributed by atoms with Crippen LogP contribution in [0.1, 0.15) is 17.4 Å². The van der Waals surface area contributed by atoms with E-state index in [9.17, 15) is 26.8 Å². The van der Waals surface area contributed by atoms with Crippen LogP contribution in [-0.2, 0) is 26.0 Å². The molecule has 0 bridgehead atoms. The van der Waals surface area contributed by atoms with Crippen molar-refractivity contribution in [2.75, 3.05) is 26.3 Å². The second kappa shape index (κ2) is 12.6. The lowest BCUT2D eigenvalue weighted by Crippen LogP contribution is -2.40. The first-order valence-corrected chi connectivity index (χ1v) is 15.3. The fraction of sp³-hybridized carbons (Fsp3) is 0.194. The van der Waals surface area contributed by atoms with Crippen molar-refractivity contribution >= 4 is 27.3 Å². The normalized spacial score (nSPS) is 14.7. The first-order valence-electron chi connectivity index (χ1n) is 13.9. The molecule has 1 aliphatic rings. The molecule has 1 atom stereocenters. The summed E-state index contributed by atoms with van der Waals surface area (Å²) in [7, 11) is -3.81. The van der Waals surface area contributed by atoms with Crippen LogP contribution >= 0.6 is 0 Å². The fourth-order valence-electron chi connectivity index (χ4n) is 5.27. The molecule has 0 radical (unpaired) electrons. The summed E-state index contributed by atoms with van der Waals surface area (Å²) in [5.74, 6) is -1.54. The molecule has 230 valence electrons. The number of hydrogen-bond acceptors (Lipinski definition) is 8. The second-order valence-electron chi connectivity index (χ2n) is 10.3. The number of hydrogen-bond donors (Lipinski definition) is 1. The van der Waals surface area contributed by atoms with Crippen molar-refractivity contribution in [1.82, 2.24) is 29.1 Å². The maximum absolute atomic E-state index is 14.1. The number of nitrogens with zero attached hydrogens (tertiary/aromatic N) is 5. The SMILES string of the molecule is O=CNC(Cc1cc(F)cc(F)c1)c1nc2cc(-c3cnccn3)ccc2c(=O)n1-c1ccc(S(=O)(=O)N2CCOCC2)cc1. The van der Waals surface area contributed by atoms with Crippen LogP contribution in [-0.4, -0.2) is 65.0 Å². The van der Waals surface area contributed by atoms with Gasteiger partial charge in [0, 0.05) is 43.5 Å². The number of carbonyl (C=O) groups is 1. The number of aromatic nitrogens is 4. The molecule has 1 N–H and O–H groups in total. The summed E-state index contributed by atoms with van der Waals surface area (Å²) in [4.78, 5) is 39.1. The highest BCUT2D eigenvalue weighted by Gasteiger charge is 2.27. The highest BCUT2D eigenvalue weighted by Crippen LogP contribution is 2.26. The van der Waals surface area contributed by atoms with Gasteiger partial charge >= 0.3 is 0 Å². The average Bonchev–Trinajstić information content (AvgIpc) is 3.05. The molecule has 0 saturated carbocycles. The highest BCUT2D eigenvalue weighted by atomic mass is 32.2. The van der Waals surface area contributed by atoms with Crippen LogP contribution in [0.25, 0.3) is 27.8 Å². The number of nitrogens with one attached hydrogen (secondary N) is 1. The van der Waals surface area contributed by atoms with Crippen molar-refractivity contribution in [3.05, 3.63) is 113 Å². The van der Waals surface area contributed by atoms with E-state index in [0.29, 0.717) is 17.7 Å². The van der Waals surface area contributed by atoms with Gasteiger partial charge in [-0.05, 0) is 54.1 Å². The average molecular weight is 633 g/mol. The first kappa shape index (κ1) is 30.1. The molecule has 11 nitrogen and oxygen atoms in total. The van der Waals surface area contributed by atoms with Gasteiger partial charge in [0.05, 0.1) is 52.6 Å². The Bertz CT molecular complexity index is 2020. The van der Waals surface area contributed by atoms with Crippen LogP contribution < -0.4 is 10.9 Å². The lowest BCUT2D eigenvalue weighted by molar-refractivity contribution is -0.110. The van der Waals surface area contributed by atoms with E-state index < -0.39 is 33.3 Å². The van der Waals surface area contributed by atoms with Crippen LogP contribution in [0.5, 0.6) is 0 Å². The van der Waals surface area contributed by atoms with Gasteiger partial charge in [-0.15, -0.1) is 0 Å². The van der Waals surface area contributed by atoms with Crippen LogP contribution in [0.4, 0.5) is 8.78 Å². The Morgan fingerprint density at radius 2 is 1.71 bits per heavy atom. The van der Waals surface area contributed by atoms with Gasteiger partial charge in [-0.1, -0.05) is 6.07 Å². The van der Waals surface area contributed by atoms with Gasteiger partial charge in [-0.2, -0.15) is 4.31 Å². The third kappa shape index (κ3) is 6.20. The van der Waals surface area contributed by atoms with Crippen LogP contribution in [0.3, 0.4) is 0 Å². The van der Waals surface area contributed by atoms with Gasteiger partial charge in [0.1, 0.15) is 17.5 Å². The minimum absolute atomic E-state index is 0.0305. The van der Waals surface area contributed by atoms with Gasteiger partial charge in [0.25, 0.3) is 5.56 Å². The third-order valence-electron chi connectivity index (χ3n) is 7.40. The summed E-state index contributed by atoms with van der Waals surface area (Å²) in [6.45, 7) is 1.02. The number of benzene rings is 3. The third-order valence-corrected chi connectivity index (χ3v) is 9.31. The van der Waals surface area contributed by atoms with Crippen molar-refractivity contribution < 1.29 is 26.7 Å². The zero-order chi connectivity index (χ0) is 31.6. The van der Waals surface area contributed by atoms with Crippen LogP contribution in [0.15, 0.2) is 88.9 Å². The quantitative estimate of drug-likeness (QED) is 0.245. The molecule has 45 heavy (non-hydrogen) atoms. The van der Waals surface area contributed by atoms with Gasteiger partial charge < -0.3 is 10.1 Å². The van der Waals surface area contributed by atoms with E-state index in [1.165, 1.54) is 45.5 Å². The van der Waals surface area contributed by atoms with E-state index in [4.69, 9.17) is 9.72 Å². The molecule has 0 spiro atoms. The van der Waals surface area contributed by atoms with E-state index in [-0.39, 0.29) is 65.6 Å². The number of fused-ring (bicyclic) bond motifs is 1. The lowest BCUT2D eigenvalue weighted by atomic mass is 10.0. The van der Waals surface area contributed by atoms with E-state index >= 15 is 0 Å². The Morgan fingerprint density at radius 3 is 2.38 bits per heavy atom. The second-order valence-corrected chi connectivity index (χ2v) is 12.2. The molecule has 2 aromatic heterocycles. The number of amides is 1. The molecule has 1 unspecified atom stereocenters. The number of morpholine rings is 1. The monoisotopic (exact) mass is 632 g/mol. The number of halogens is 2. The Morgan fingerprint density at radius 1 is 0.978 bits per heavy atom. The number of rotatable bonds is 9. The highest BCUT2D eigenvalue weighted by molar-refractivity contribution is 7.89. The molecule has 1 aliphatic heterocycles. The molecule has 1 saturated heterocycles. The van der Waals surface area contributed by atoms with E-state index in [1.807, 2.05) is 0 Å². The summed E-state index contributed by atoms with van der Waals surface area (Å²) in [5.41, 5.74) is 1.44. The summed E-state index contributed by atoms with van der Waals surface area (Å²) in [5, 5.41) is 2.86. The maximum atomic E-state index is 14.1. The predicted molar refractivity (Wildman–Crippen MR) is 160 cm³/mol. The van der Waals surface area contributed by atoms with E-state index in [1.54, 1.807) is 24.4 Å². The Hall–Kier alpha value is -4.92. The van der Waals surface area contributed by atoms with Gasteiger partial charge in [0.15, 0.2) is 0 Å². The lowest BCUT2D eigenvalue weighted by Gasteiger charge is -2.26. The molecule has 3 aromatic carbocycles. The molecule has 1 amide bonds. The van der Waals surface area contributed by atoms with Crippen LogP contribution in [0.2, 0.25) is 0 Å². The van der Waals surface area contributed by atoms with Crippen molar-refractivity contribution in [2.45, 2.75) is 17.4 Å². The topological polar surface area (TPSA) is 136 Å². The molecular formula is C31H26F2N6O5S. The summed E-state index contributed by atoms with van der Waals surface area (Å²) in [6, 6.07) is 12.7. The minimum atomic E-state index is -3.81. The molecule has 0 aliphatic carbocycles. The Balaban J connectivity index is 1.51. The molecule has 14 heteroatoms. The van der Waals surface area contributed by atoms with Crippen molar-refractivity contribution in [3.63, 3.8) is 0 Å². The molecule has 6 rings (SSSR count). The van der Waals surface area contributed by atoms with Crippen molar-refractivity contribution in [3.8, 4) is 16.9 Å². The smallest absolute Gasteiger partial charge is 0.266 e. The zero-order valence-electron chi connectivity index (χ0n) is 23.6. The van der Waals surface area contributed by atoms with Gasteiger partial charge in [0.2, 0.25) is 16.4 Å². The van der Waals surface area contributed by atoms with Gasteiger partial charge in [-0.25, -0.2) is 22.2 Å². The van der Waals surface area contributed by atoms with Crippen molar-refractivity contribution in [2.24, 2.45) is 0 Å². The van der Waals surface area contributed by atoms with Gasteiger partial charge in [-0.3, -0.25) is 24.1 Å². The maximum Gasteiger partial charge on any atom is 0.266 e. The number of ether oxygens (including phenoxy) is 1. The standard InChI is InChI=1S/C31H26F2N6O5S/c32-22-13-20(14-23(33)17-22)15-28(36-19-40)30-37-27-16-21(29-18-34-7-8-35-29)1-6-26(27)31(41)39(30)24-2-4-25(5-3-24)45(42,43)38-9-11-44-12-10-38/h1-8,13-14,16-19,28H,9-12,15H2,(H,36,40). The predicted octanol–water partition coefficient (Wildman–Crippen LogP) is 3.17. The van der Waals surface area contributed by atoms with E-state index in [2.05, 4.69) is 15.3 Å². The Labute approximate surface area is 256 Å². The van der Waals surface area contributed by atoms with Crippen molar-refractivity contribution in [1.29, 1.82) is 0 Å². The zero-order valence-corrected chi connectivity index (χ0v) is 24.5. The largest absolute Gasteiger partial charge is 0.379 e. The summed E-state index contributed by atoms with van der Waals surface area (Å²) < 4.78 is 62.5. The number of carbonyl (C=O) groups excluding carboxylic acids is 1. The van der Waals surface area contributed by atoms with Crippen LogP contribution in [0, 0.1) is 11.6 Å². The first-order chi connectivity index (χ1) is 21.7. The Kier molecular flexibility index (Phi) is 8.43.